The van der Waals surface area contributed by atoms with Gasteiger partial charge in [-0.15, -0.1) is 0 Å². The molecule has 0 aliphatic heterocycles. The lowest BCUT2D eigenvalue weighted by molar-refractivity contribution is 1.00. The molecule has 0 radical (unpaired) electrons. The fraction of sp³-hybridized carbons (Fsp3) is 0.0370. The Balaban J connectivity index is 1.21. The Labute approximate surface area is 316 Å². The molecule has 9 aromatic carbocycles. The average molecular weight is 685 g/mol. The van der Waals surface area contributed by atoms with Crippen molar-refractivity contribution >= 4 is 38.4 Å². The van der Waals surface area contributed by atoms with Gasteiger partial charge >= 0.3 is 0 Å². The number of benzene rings is 9. The predicted molar refractivity (Wildman–Crippen MR) is 231 cm³/mol. The molecule has 0 nitrogen and oxygen atoms in total. The molecular weight excluding hydrogens is 649 g/mol. The summed E-state index contributed by atoms with van der Waals surface area (Å²) in [6.45, 7) is 0. The zero-order valence-corrected chi connectivity index (χ0v) is 29.8. The van der Waals surface area contributed by atoms with Gasteiger partial charge in [0.05, 0.1) is 0 Å². The SMILES string of the molecule is C1=CC2C=Cc3c(-c4ccccc4)ccc4cc(-c5c6ccccc6c(-c6cc(-c7ccccc7)cc(-c7ccccc7)c6)c6ccccc56)c(c2c34)C1. The second kappa shape index (κ2) is 12.4. The minimum atomic E-state index is 0.267. The Hall–Kier alpha value is -6.76. The molecule has 0 heterocycles. The van der Waals surface area contributed by atoms with E-state index in [-0.39, 0.29) is 5.92 Å². The molecular formula is C54H36. The molecule has 2 aliphatic carbocycles. The second-order valence-electron chi connectivity index (χ2n) is 14.7. The number of allylic oxidation sites excluding steroid dienone is 3. The summed E-state index contributed by atoms with van der Waals surface area (Å²) in [5.41, 5.74) is 16.9. The molecule has 0 amide bonds. The largest absolute Gasteiger partial charge is 0.0832 e. The molecule has 1 atom stereocenters. The molecule has 1 unspecified atom stereocenters. The summed E-state index contributed by atoms with van der Waals surface area (Å²) in [6, 6.07) is 65.0. The molecule has 0 bridgehead atoms. The minimum absolute atomic E-state index is 0.267. The van der Waals surface area contributed by atoms with E-state index in [1.165, 1.54) is 105 Å². The molecule has 9 aromatic rings. The van der Waals surface area contributed by atoms with Gasteiger partial charge in [-0.05, 0) is 135 Å². The average Bonchev–Trinajstić information content (AvgIpc) is 3.25. The summed E-state index contributed by atoms with van der Waals surface area (Å²) in [7, 11) is 0. The maximum absolute atomic E-state index is 2.50. The lowest BCUT2D eigenvalue weighted by atomic mass is 9.74. The Morgan fingerprint density at radius 2 is 0.907 bits per heavy atom. The highest BCUT2D eigenvalue weighted by Gasteiger charge is 2.28. The fourth-order valence-electron chi connectivity index (χ4n) is 9.33. The molecule has 0 N–H and O–H groups in total. The first-order chi connectivity index (χ1) is 26.8. The third-order valence-corrected chi connectivity index (χ3v) is 11.7. The number of hydrogen-bond donors (Lipinski definition) is 0. The topological polar surface area (TPSA) is 0 Å². The molecule has 2 aliphatic rings. The molecule has 0 saturated heterocycles. The van der Waals surface area contributed by atoms with Crippen molar-refractivity contribution in [3.05, 3.63) is 211 Å². The maximum atomic E-state index is 2.50. The Kier molecular flexibility index (Phi) is 7.10. The highest BCUT2D eigenvalue weighted by molar-refractivity contribution is 6.23. The predicted octanol–water partition coefficient (Wildman–Crippen LogP) is 14.7. The standard InChI is InChI=1S/C54H36/c1-4-15-35(16-5-1)40-31-41(36-17-6-2-7-18-36)33-42(32-40)51-44-22-10-12-24-46(44)54(47-25-13-11-23-45(47)51)50-34-39-28-29-43(37-19-8-3-9-20-37)49-30-27-38-21-14-26-48(50)52(38)53(39)49/h1-25,27-34,38H,26H2. The van der Waals surface area contributed by atoms with Crippen LogP contribution in [0.15, 0.2) is 194 Å². The summed E-state index contributed by atoms with van der Waals surface area (Å²) in [5.74, 6) is 0.267. The summed E-state index contributed by atoms with van der Waals surface area (Å²) >= 11 is 0. The summed E-state index contributed by atoms with van der Waals surface area (Å²) in [4.78, 5) is 0. The van der Waals surface area contributed by atoms with Gasteiger partial charge in [-0.25, -0.2) is 0 Å². The van der Waals surface area contributed by atoms with E-state index in [1.807, 2.05) is 0 Å². The van der Waals surface area contributed by atoms with Crippen LogP contribution in [0.25, 0.3) is 94.0 Å². The van der Waals surface area contributed by atoms with Crippen molar-refractivity contribution in [2.45, 2.75) is 12.3 Å². The van der Waals surface area contributed by atoms with E-state index in [1.54, 1.807) is 0 Å². The first kappa shape index (κ1) is 30.8. The fourth-order valence-corrected chi connectivity index (χ4v) is 9.33. The highest BCUT2D eigenvalue weighted by atomic mass is 14.3. The van der Waals surface area contributed by atoms with Gasteiger partial charge in [-0.2, -0.15) is 0 Å². The van der Waals surface area contributed by atoms with Crippen molar-refractivity contribution in [3.8, 4) is 55.6 Å². The van der Waals surface area contributed by atoms with Crippen molar-refractivity contribution in [1.29, 1.82) is 0 Å². The maximum Gasteiger partial charge on any atom is 0.0211 e. The van der Waals surface area contributed by atoms with Crippen LogP contribution >= 0.6 is 0 Å². The van der Waals surface area contributed by atoms with E-state index in [2.05, 4.69) is 200 Å². The van der Waals surface area contributed by atoms with Crippen LogP contribution in [-0.4, -0.2) is 0 Å². The van der Waals surface area contributed by atoms with Gasteiger partial charge in [0.2, 0.25) is 0 Å². The normalized spacial score (nSPS) is 14.3. The highest BCUT2D eigenvalue weighted by Crippen LogP contribution is 2.51. The Morgan fingerprint density at radius 3 is 1.50 bits per heavy atom. The Bertz CT molecular complexity index is 2870. The third kappa shape index (κ3) is 4.84. The van der Waals surface area contributed by atoms with E-state index < -0.39 is 0 Å². The number of fused-ring (bicyclic) bond motifs is 2. The van der Waals surface area contributed by atoms with E-state index in [0.29, 0.717) is 0 Å². The first-order valence-electron chi connectivity index (χ1n) is 19.0. The lowest BCUT2D eigenvalue weighted by Gasteiger charge is -2.29. The quantitative estimate of drug-likeness (QED) is 0.125. The van der Waals surface area contributed by atoms with Crippen LogP contribution in [0.2, 0.25) is 0 Å². The first-order valence-corrected chi connectivity index (χ1v) is 19.0. The summed E-state index contributed by atoms with van der Waals surface area (Å²) in [6.07, 6.45) is 10.5. The lowest BCUT2D eigenvalue weighted by Crippen LogP contribution is -2.10. The van der Waals surface area contributed by atoms with Crippen LogP contribution in [0.5, 0.6) is 0 Å². The smallest absolute Gasteiger partial charge is 0.0211 e. The minimum Gasteiger partial charge on any atom is -0.0832 e. The van der Waals surface area contributed by atoms with Crippen molar-refractivity contribution in [2.24, 2.45) is 0 Å². The van der Waals surface area contributed by atoms with Crippen LogP contribution in [0.1, 0.15) is 22.6 Å². The van der Waals surface area contributed by atoms with Gasteiger partial charge in [-0.1, -0.05) is 176 Å². The van der Waals surface area contributed by atoms with Crippen LogP contribution in [0, 0.1) is 0 Å². The zero-order chi connectivity index (χ0) is 35.6. The molecule has 0 spiro atoms. The van der Waals surface area contributed by atoms with Crippen molar-refractivity contribution in [3.63, 3.8) is 0 Å². The number of hydrogen-bond acceptors (Lipinski definition) is 0. The van der Waals surface area contributed by atoms with Crippen LogP contribution in [0.4, 0.5) is 0 Å². The van der Waals surface area contributed by atoms with Gasteiger partial charge in [0.15, 0.2) is 0 Å². The van der Waals surface area contributed by atoms with Crippen molar-refractivity contribution < 1.29 is 0 Å². The summed E-state index contributed by atoms with van der Waals surface area (Å²) < 4.78 is 0. The molecule has 0 heteroatoms. The van der Waals surface area contributed by atoms with Crippen LogP contribution in [0.3, 0.4) is 0 Å². The van der Waals surface area contributed by atoms with Crippen molar-refractivity contribution in [1.82, 2.24) is 0 Å². The molecule has 11 rings (SSSR count). The summed E-state index contributed by atoms with van der Waals surface area (Å²) in [5, 5.41) is 7.85. The van der Waals surface area contributed by atoms with E-state index in [9.17, 15) is 0 Å². The zero-order valence-electron chi connectivity index (χ0n) is 29.8. The Morgan fingerprint density at radius 1 is 0.389 bits per heavy atom. The molecule has 0 fully saturated rings. The molecule has 0 aromatic heterocycles. The molecule has 252 valence electrons. The monoisotopic (exact) mass is 684 g/mol. The van der Waals surface area contributed by atoms with Gasteiger partial charge in [0, 0.05) is 5.92 Å². The van der Waals surface area contributed by atoms with Gasteiger partial charge in [0.1, 0.15) is 0 Å². The third-order valence-electron chi connectivity index (χ3n) is 11.7. The van der Waals surface area contributed by atoms with Crippen molar-refractivity contribution in [2.75, 3.05) is 0 Å². The van der Waals surface area contributed by atoms with Gasteiger partial charge in [0.25, 0.3) is 0 Å². The van der Waals surface area contributed by atoms with Crippen LogP contribution < -0.4 is 0 Å². The van der Waals surface area contributed by atoms with Gasteiger partial charge in [-0.3, -0.25) is 0 Å². The van der Waals surface area contributed by atoms with Crippen LogP contribution in [-0.2, 0) is 6.42 Å². The van der Waals surface area contributed by atoms with E-state index in [4.69, 9.17) is 0 Å². The second-order valence-corrected chi connectivity index (χ2v) is 14.7. The van der Waals surface area contributed by atoms with E-state index >= 15 is 0 Å². The molecule has 0 saturated carbocycles. The number of rotatable bonds is 5. The van der Waals surface area contributed by atoms with Gasteiger partial charge < -0.3 is 0 Å². The molecule has 54 heavy (non-hydrogen) atoms. The van der Waals surface area contributed by atoms with E-state index in [0.717, 1.165) is 6.42 Å².